The van der Waals surface area contributed by atoms with Crippen LogP contribution in [-0.2, 0) is 19.6 Å². The molecule has 2 fully saturated rings. The molecule has 3 amide bonds. The van der Waals surface area contributed by atoms with Gasteiger partial charge in [0, 0.05) is 50.7 Å². The van der Waals surface area contributed by atoms with Gasteiger partial charge in [-0.3, -0.25) is 19.3 Å². The quantitative estimate of drug-likeness (QED) is 0.599. The van der Waals surface area contributed by atoms with Gasteiger partial charge in [-0.2, -0.15) is 4.31 Å². The molecule has 0 saturated carbocycles. The number of hydrogen-bond donors (Lipinski definition) is 0. The Morgan fingerprint density at radius 2 is 1.41 bits per heavy atom. The van der Waals surface area contributed by atoms with E-state index in [1.807, 2.05) is 0 Å². The number of fused-ring (bicyclic) bond motifs is 1. The van der Waals surface area contributed by atoms with E-state index in [2.05, 4.69) is 0 Å². The van der Waals surface area contributed by atoms with Gasteiger partial charge >= 0.3 is 0 Å². The number of sulfonamides is 1. The lowest BCUT2D eigenvalue weighted by Gasteiger charge is -2.34. The summed E-state index contributed by atoms with van der Waals surface area (Å²) in [6.07, 6.45) is 0.387. The topological polar surface area (TPSA) is 114 Å². The van der Waals surface area contributed by atoms with Gasteiger partial charge in [0.25, 0.3) is 5.91 Å². The van der Waals surface area contributed by atoms with Crippen LogP contribution in [-0.4, -0.2) is 74.7 Å². The Kier molecular flexibility index (Phi) is 5.74. The van der Waals surface area contributed by atoms with E-state index in [1.165, 1.54) is 16.4 Å². The minimum atomic E-state index is -3.74. The Hall–Kier alpha value is -3.44. The van der Waals surface area contributed by atoms with Crippen LogP contribution in [0.25, 0.3) is 0 Å². The van der Waals surface area contributed by atoms with E-state index < -0.39 is 10.0 Å². The highest BCUT2D eigenvalue weighted by Crippen LogP contribution is 2.33. The lowest BCUT2D eigenvalue weighted by molar-refractivity contribution is -0.121. The summed E-state index contributed by atoms with van der Waals surface area (Å²) in [4.78, 5) is 39.6. The summed E-state index contributed by atoms with van der Waals surface area (Å²) in [5.41, 5.74) is 0.852. The SMILES string of the molecule is O=C(c1ccc(N2C(=O)CCC2=O)cc1)N1CCN(S(=O)(=O)c2ccc3c(c2)OCCO3)CC1. The van der Waals surface area contributed by atoms with Crippen LogP contribution in [0.5, 0.6) is 11.5 Å². The van der Waals surface area contributed by atoms with Gasteiger partial charge in [-0.05, 0) is 36.4 Å². The van der Waals surface area contributed by atoms with Crippen LogP contribution in [0.4, 0.5) is 5.69 Å². The van der Waals surface area contributed by atoms with E-state index in [0.29, 0.717) is 36.0 Å². The van der Waals surface area contributed by atoms with Gasteiger partial charge in [-0.15, -0.1) is 0 Å². The van der Waals surface area contributed by atoms with Gasteiger partial charge in [0.05, 0.1) is 10.6 Å². The molecule has 10 nitrogen and oxygen atoms in total. The molecule has 0 spiro atoms. The fraction of sp³-hybridized carbons (Fsp3) is 0.348. The van der Waals surface area contributed by atoms with Crippen molar-refractivity contribution in [1.82, 2.24) is 9.21 Å². The van der Waals surface area contributed by atoms with Crippen molar-refractivity contribution in [3.8, 4) is 11.5 Å². The molecule has 0 radical (unpaired) electrons. The number of benzene rings is 2. The lowest BCUT2D eigenvalue weighted by Crippen LogP contribution is -2.50. The number of imide groups is 1. The maximum atomic E-state index is 13.1. The summed E-state index contributed by atoms with van der Waals surface area (Å²) in [6.45, 7) is 1.60. The Morgan fingerprint density at radius 1 is 0.794 bits per heavy atom. The summed E-state index contributed by atoms with van der Waals surface area (Å²) in [7, 11) is -3.74. The summed E-state index contributed by atoms with van der Waals surface area (Å²) >= 11 is 0. The second kappa shape index (κ2) is 8.73. The van der Waals surface area contributed by atoms with Crippen LogP contribution < -0.4 is 14.4 Å². The zero-order chi connectivity index (χ0) is 23.9. The maximum absolute atomic E-state index is 13.1. The molecule has 3 aliphatic heterocycles. The number of amides is 3. The van der Waals surface area contributed by atoms with Crippen molar-refractivity contribution in [3.63, 3.8) is 0 Å². The number of ether oxygens (including phenoxy) is 2. The minimum Gasteiger partial charge on any atom is -0.486 e. The Balaban J connectivity index is 1.24. The van der Waals surface area contributed by atoms with Crippen LogP contribution in [0.15, 0.2) is 47.4 Å². The maximum Gasteiger partial charge on any atom is 0.253 e. The highest BCUT2D eigenvalue weighted by Gasteiger charge is 2.32. The highest BCUT2D eigenvalue weighted by atomic mass is 32.2. The molecule has 11 heteroatoms. The molecule has 3 heterocycles. The first-order valence-corrected chi connectivity index (χ1v) is 12.4. The molecule has 3 aliphatic rings. The third-order valence-corrected chi connectivity index (χ3v) is 8.00. The normalized spacial score (nSPS) is 18.9. The Morgan fingerprint density at radius 3 is 2.06 bits per heavy atom. The Bertz CT molecular complexity index is 1240. The first-order chi connectivity index (χ1) is 16.3. The number of carbonyl (C=O) groups excluding carboxylic acids is 3. The van der Waals surface area contributed by atoms with E-state index in [-0.39, 0.29) is 61.6 Å². The van der Waals surface area contributed by atoms with Crippen LogP contribution in [0.3, 0.4) is 0 Å². The van der Waals surface area contributed by atoms with Crippen molar-refractivity contribution in [1.29, 1.82) is 0 Å². The molecule has 2 aromatic carbocycles. The zero-order valence-corrected chi connectivity index (χ0v) is 19.1. The molecule has 34 heavy (non-hydrogen) atoms. The number of hydrogen-bond acceptors (Lipinski definition) is 7. The highest BCUT2D eigenvalue weighted by molar-refractivity contribution is 7.89. The number of nitrogens with zero attached hydrogens (tertiary/aromatic N) is 3. The van der Waals surface area contributed by atoms with Gasteiger partial charge in [0.15, 0.2) is 11.5 Å². The molecule has 0 atom stereocenters. The Labute approximate surface area is 196 Å². The smallest absolute Gasteiger partial charge is 0.253 e. The molecule has 0 aliphatic carbocycles. The first-order valence-electron chi connectivity index (χ1n) is 11.0. The molecule has 0 N–H and O–H groups in total. The average molecular weight is 486 g/mol. The van der Waals surface area contributed by atoms with Crippen LogP contribution >= 0.6 is 0 Å². The van der Waals surface area contributed by atoms with E-state index in [9.17, 15) is 22.8 Å². The van der Waals surface area contributed by atoms with Crippen molar-refractivity contribution in [2.45, 2.75) is 17.7 Å². The monoisotopic (exact) mass is 485 g/mol. The number of rotatable bonds is 4. The van der Waals surface area contributed by atoms with E-state index in [4.69, 9.17) is 9.47 Å². The average Bonchev–Trinajstić information content (AvgIpc) is 3.21. The molecule has 178 valence electrons. The van der Waals surface area contributed by atoms with Gasteiger partial charge < -0.3 is 14.4 Å². The molecular weight excluding hydrogens is 462 g/mol. The van der Waals surface area contributed by atoms with E-state index in [1.54, 1.807) is 35.2 Å². The molecule has 5 rings (SSSR count). The summed E-state index contributed by atoms with van der Waals surface area (Å²) in [5, 5.41) is 0. The van der Waals surface area contributed by atoms with Crippen molar-refractivity contribution in [2.75, 3.05) is 44.3 Å². The fourth-order valence-electron chi connectivity index (χ4n) is 4.26. The number of carbonyl (C=O) groups is 3. The van der Waals surface area contributed by atoms with Crippen molar-refractivity contribution in [3.05, 3.63) is 48.0 Å². The summed E-state index contributed by atoms with van der Waals surface area (Å²) in [5.74, 6) is 0.188. The first kappa shape index (κ1) is 22.4. The molecular formula is C23H23N3O7S. The van der Waals surface area contributed by atoms with E-state index >= 15 is 0 Å². The number of piperazine rings is 1. The van der Waals surface area contributed by atoms with Gasteiger partial charge in [-0.25, -0.2) is 8.42 Å². The standard InChI is InChI=1S/C23H23N3O7S/c27-21-7-8-22(28)26(21)17-3-1-16(2-4-17)23(29)24-9-11-25(12-10-24)34(30,31)18-5-6-19-20(15-18)33-14-13-32-19/h1-6,15H,7-14H2. The molecule has 2 saturated heterocycles. The van der Waals surface area contributed by atoms with Crippen molar-refractivity contribution in [2.24, 2.45) is 0 Å². The van der Waals surface area contributed by atoms with Crippen LogP contribution in [0.2, 0.25) is 0 Å². The van der Waals surface area contributed by atoms with Crippen molar-refractivity contribution >= 4 is 33.4 Å². The zero-order valence-electron chi connectivity index (χ0n) is 18.3. The molecule has 0 aromatic heterocycles. The fourth-order valence-corrected chi connectivity index (χ4v) is 5.70. The van der Waals surface area contributed by atoms with Crippen LogP contribution in [0.1, 0.15) is 23.2 Å². The second-order valence-electron chi connectivity index (χ2n) is 8.17. The molecule has 2 aromatic rings. The third kappa shape index (κ3) is 4.01. The minimum absolute atomic E-state index is 0.123. The van der Waals surface area contributed by atoms with E-state index in [0.717, 1.165) is 4.90 Å². The predicted molar refractivity (Wildman–Crippen MR) is 120 cm³/mol. The lowest BCUT2D eigenvalue weighted by atomic mass is 10.1. The van der Waals surface area contributed by atoms with Crippen molar-refractivity contribution < 1.29 is 32.3 Å². The summed E-state index contributed by atoms with van der Waals surface area (Å²) in [6, 6.07) is 10.9. The van der Waals surface area contributed by atoms with Crippen LogP contribution in [0, 0.1) is 0 Å². The third-order valence-electron chi connectivity index (χ3n) is 6.10. The predicted octanol–water partition coefficient (Wildman–Crippen LogP) is 1.26. The van der Waals surface area contributed by atoms with Gasteiger partial charge in [-0.1, -0.05) is 0 Å². The largest absolute Gasteiger partial charge is 0.486 e. The van der Waals surface area contributed by atoms with Gasteiger partial charge in [0.1, 0.15) is 13.2 Å². The molecule has 0 unspecified atom stereocenters. The van der Waals surface area contributed by atoms with Gasteiger partial charge in [0.2, 0.25) is 21.8 Å². The summed E-state index contributed by atoms with van der Waals surface area (Å²) < 4.78 is 38.5. The molecule has 0 bridgehead atoms. The number of anilines is 1. The second-order valence-corrected chi connectivity index (χ2v) is 10.1.